The van der Waals surface area contributed by atoms with Crippen molar-refractivity contribution in [2.75, 3.05) is 0 Å². The molecule has 0 spiro atoms. The van der Waals surface area contributed by atoms with Gasteiger partial charge in [0.15, 0.2) is 5.82 Å². The molecule has 2 rings (SSSR count). The predicted molar refractivity (Wildman–Crippen MR) is 57.7 cm³/mol. The number of hydrogen-bond acceptors (Lipinski definition) is 3. The van der Waals surface area contributed by atoms with Gasteiger partial charge in [-0.2, -0.15) is 5.10 Å². The van der Waals surface area contributed by atoms with Crippen molar-refractivity contribution in [3.05, 3.63) is 41.9 Å². The van der Waals surface area contributed by atoms with Crippen molar-refractivity contribution in [1.82, 2.24) is 14.8 Å². The largest absolute Gasteiger partial charge is 0.478 e. The molecule has 16 heavy (non-hydrogen) atoms. The molecule has 0 saturated heterocycles. The lowest BCUT2D eigenvalue weighted by Gasteiger charge is -2.05. The van der Waals surface area contributed by atoms with Crippen molar-refractivity contribution < 1.29 is 9.90 Å². The van der Waals surface area contributed by atoms with E-state index in [1.807, 2.05) is 13.0 Å². The van der Waals surface area contributed by atoms with Crippen LogP contribution in [0.25, 0.3) is 5.82 Å². The fraction of sp³-hybridized carbons (Fsp3) is 0.182. The fourth-order valence-electron chi connectivity index (χ4n) is 1.47. The second-order valence-electron chi connectivity index (χ2n) is 3.30. The number of hydrogen-bond donors (Lipinski definition) is 1. The van der Waals surface area contributed by atoms with Gasteiger partial charge in [0.1, 0.15) is 0 Å². The van der Waals surface area contributed by atoms with E-state index < -0.39 is 5.97 Å². The predicted octanol–water partition coefficient (Wildman–Crippen LogP) is 1.53. The Morgan fingerprint density at radius 3 is 2.94 bits per heavy atom. The average molecular weight is 217 g/mol. The Balaban J connectivity index is 2.48. The van der Waals surface area contributed by atoms with Crippen LogP contribution in [-0.4, -0.2) is 25.8 Å². The van der Waals surface area contributed by atoms with Gasteiger partial charge in [0.2, 0.25) is 0 Å². The Labute approximate surface area is 92.4 Å². The van der Waals surface area contributed by atoms with Crippen LogP contribution in [0.15, 0.2) is 30.6 Å². The topological polar surface area (TPSA) is 68.0 Å². The van der Waals surface area contributed by atoms with E-state index in [0.29, 0.717) is 5.82 Å². The number of carboxylic acid groups (broad SMARTS) is 1. The molecular weight excluding hydrogens is 206 g/mol. The standard InChI is InChI=1S/C11H11N3O2/c1-2-9-4-6-13-14(9)10-7-8(11(15)16)3-5-12-10/h3-7H,2H2,1H3,(H,15,16). The van der Waals surface area contributed by atoms with Crippen LogP contribution in [0.4, 0.5) is 0 Å². The molecule has 0 aliphatic rings. The van der Waals surface area contributed by atoms with Crippen LogP contribution in [0, 0.1) is 0 Å². The summed E-state index contributed by atoms with van der Waals surface area (Å²) in [6.45, 7) is 2.01. The Kier molecular flexibility index (Phi) is 2.68. The minimum Gasteiger partial charge on any atom is -0.478 e. The number of aromatic nitrogens is 3. The summed E-state index contributed by atoms with van der Waals surface area (Å²) >= 11 is 0. The molecule has 2 aromatic rings. The first-order valence-electron chi connectivity index (χ1n) is 4.95. The average Bonchev–Trinajstić information content (AvgIpc) is 2.77. The molecule has 0 aromatic carbocycles. The maximum absolute atomic E-state index is 10.8. The highest BCUT2D eigenvalue weighted by atomic mass is 16.4. The summed E-state index contributed by atoms with van der Waals surface area (Å²) < 4.78 is 1.65. The highest BCUT2D eigenvalue weighted by molar-refractivity contribution is 5.87. The highest BCUT2D eigenvalue weighted by Gasteiger charge is 2.08. The third-order valence-corrected chi connectivity index (χ3v) is 2.29. The van der Waals surface area contributed by atoms with E-state index in [-0.39, 0.29) is 5.56 Å². The fourth-order valence-corrected chi connectivity index (χ4v) is 1.47. The van der Waals surface area contributed by atoms with Crippen LogP contribution in [0.5, 0.6) is 0 Å². The van der Waals surface area contributed by atoms with Gasteiger partial charge >= 0.3 is 5.97 Å². The molecule has 1 N–H and O–H groups in total. The first-order valence-corrected chi connectivity index (χ1v) is 4.95. The minimum absolute atomic E-state index is 0.211. The zero-order chi connectivity index (χ0) is 11.5. The Morgan fingerprint density at radius 1 is 1.44 bits per heavy atom. The zero-order valence-electron chi connectivity index (χ0n) is 8.79. The van der Waals surface area contributed by atoms with E-state index in [1.165, 1.54) is 18.3 Å². The van der Waals surface area contributed by atoms with E-state index in [4.69, 9.17) is 5.11 Å². The second-order valence-corrected chi connectivity index (χ2v) is 3.30. The monoisotopic (exact) mass is 217 g/mol. The summed E-state index contributed by atoms with van der Waals surface area (Å²) in [6, 6.07) is 4.85. The normalized spacial score (nSPS) is 10.3. The van der Waals surface area contributed by atoms with E-state index in [9.17, 15) is 4.79 Å². The summed E-state index contributed by atoms with van der Waals surface area (Å²) in [5, 5.41) is 13.0. The number of carbonyl (C=O) groups is 1. The maximum atomic E-state index is 10.8. The van der Waals surface area contributed by atoms with E-state index in [2.05, 4.69) is 10.1 Å². The molecular formula is C11H11N3O2. The lowest BCUT2D eigenvalue weighted by atomic mass is 10.2. The van der Waals surface area contributed by atoms with Gasteiger partial charge in [0.05, 0.1) is 5.56 Å². The molecule has 0 unspecified atom stereocenters. The van der Waals surface area contributed by atoms with Gasteiger partial charge in [0, 0.05) is 18.1 Å². The third kappa shape index (κ3) is 1.79. The Bertz CT molecular complexity index is 519. The number of aryl methyl sites for hydroxylation is 1. The maximum Gasteiger partial charge on any atom is 0.335 e. The van der Waals surface area contributed by atoms with Gasteiger partial charge in [0.25, 0.3) is 0 Å². The smallest absolute Gasteiger partial charge is 0.335 e. The number of rotatable bonds is 3. The molecule has 0 aliphatic heterocycles. The molecule has 5 nitrogen and oxygen atoms in total. The van der Waals surface area contributed by atoms with Crippen LogP contribution in [-0.2, 0) is 6.42 Å². The van der Waals surface area contributed by atoms with Crippen molar-refractivity contribution in [3.8, 4) is 5.82 Å². The van der Waals surface area contributed by atoms with Crippen molar-refractivity contribution in [3.63, 3.8) is 0 Å². The summed E-state index contributed by atoms with van der Waals surface area (Å²) in [5.74, 6) is -0.435. The molecule has 5 heteroatoms. The summed E-state index contributed by atoms with van der Waals surface area (Å²) in [4.78, 5) is 14.9. The molecule has 2 aromatic heterocycles. The molecule has 82 valence electrons. The third-order valence-electron chi connectivity index (χ3n) is 2.29. The minimum atomic E-state index is -0.964. The molecule has 0 aliphatic carbocycles. The van der Waals surface area contributed by atoms with E-state index in [1.54, 1.807) is 10.9 Å². The molecule has 0 bridgehead atoms. The SMILES string of the molecule is CCc1ccnn1-c1cc(C(=O)O)ccn1. The Hall–Kier alpha value is -2.17. The molecule has 0 saturated carbocycles. The van der Waals surface area contributed by atoms with Crippen LogP contribution >= 0.6 is 0 Å². The van der Waals surface area contributed by atoms with E-state index in [0.717, 1.165) is 12.1 Å². The van der Waals surface area contributed by atoms with Gasteiger partial charge in [-0.15, -0.1) is 0 Å². The van der Waals surface area contributed by atoms with Crippen molar-refractivity contribution >= 4 is 5.97 Å². The molecule has 0 amide bonds. The van der Waals surface area contributed by atoms with Crippen molar-refractivity contribution in [1.29, 1.82) is 0 Å². The zero-order valence-corrected chi connectivity index (χ0v) is 8.79. The number of carboxylic acids is 1. The van der Waals surface area contributed by atoms with Gasteiger partial charge in [-0.05, 0) is 24.6 Å². The van der Waals surface area contributed by atoms with Gasteiger partial charge in [-0.1, -0.05) is 6.92 Å². The van der Waals surface area contributed by atoms with Crippen LogP contribution in [0.3, 0.4) is 0 Å². The number of nitrogens with zero attached hydrogens (tertiary/aromatic N) is 3. The summed E-state index contributed by atoms with van der Waals surface area (Å²) in [7, 11) is 0. The van der Waals surface area contributed by atoms with Crippen molar-refractivity contribution in [2.24, 2.45) is 0 Å². The second kappa shape index (κ2) is 4.14. The molecule has 2 heterocycles. The first kappa shape index (κ1) is 10.4. The van der Waals surface area contributed by atoms with Crippen molar-refractivity contribution in [2.45, 2.75) is 13.3 Å². The lowest BCUT2D eigenvalue weighted by Crippen LogP contribution is -2.06. The lowest BCUT2D eigenvalue weighted by molar-refractivity contribution is 0.0696. The van der Waals surface area contributed by atoms with Gasteiger partial charge in [-0.3, -0.25) is 0 Å². The first-order chi connectivity index (χ1) is 7.72. The quantitative estimate of drug-likeness (QED) is 0.846. The molecule has 0 fully saturated rings. The Morgan fingerprint density at radius 2 is 2.25 bits per heavy atom. The van der Waals surface area contributed by atoms with Crippen LogP contribution in [0.2, 0.25) is 0 Å². The number of aromatic carboxylic acids is 1. The van der Waals surface area contributed by atoms with Crippen LogP contribution in [0.1, 0.15) is 23.0 Å². The van der Waals surface area contributed by atoms with Gasteiger partial charge in [-0.25, -0.2) is 14.5 Å². The molecule has 0 radical (unpaired) electrons. The van der Waals surface area contributed by atoms with E-state index >= 15 is 0 Å². The van der Waals surface area contributed by atoms with Crippen LogP contribution < -0.4 is 0 Å². The summed E-state index contributed by atoms with van der Waals surface area (Å²) in [5.41, 5.74) is 1.21. The number of pyridine rings is 1. The highest BCUT2D eigenvalue weighted by Crippen LogP contribution is 2.10. The van der Waals surface area contributed by atoms with Gasteiger partial charge < -0.3 is 5.11 Å². The molecule has 0 atom stereocenters. The summed E-state index contributed by atoms with van der Waals surface area (Å²) in [6.07, 6.45) is 3.97.